The molecule has 0 fully saturated rings. The maximum absolute atomic E-state index is 5.89. The molecule has 0 aliphatic carbocycles. The van der Waals surface area contributed by atoms with Gasteiger partial charge in [-0.2, -0.15) is 0 Å². The largest absolute Gasteiger partial charge is 0.495 e. The van der Waals surface area contributed by atoms with E-state index in [1.165, 1.54) is 0 Å². The van der Waals surface area contributed by atoms with Crippen molar-refractivity contribution in [1.82, 2.24) is 4.98 Å². The molecule has 0 radical (unpaired) electrons. The van der Waals surface area contributed by atoms with Crippen LogP contribution in [0.25, 0.3) is 22.0 Å². The molecule has 2 aromatic carbocycles. The number of ether oxygens (including phenoxy) is 2. The number of benzene rings is 2. The second-order valence-electron chi connectivity index (χ2n) is 5.24. The quantitative estimate of drug-likeness (QED) is 0.554. The molecule has 4 rings (SSSR count). The highest BCUT2D eigenvalue weighted by molar-refractivity contribution is 5.99. The van der Waals surface area contributed by atoms with Crippen LogP contribution in [0.5, 0.6) is 11.5 Å². The van der Waals surface area contributed by atoms with Gasteiger partial charge in [0, 0.05) is 5.39 Å². The molecule has 0 atom stereocenters. The van der Waals surface area contributed by atoms with Crippen LogP contribution in [0.3, 0.4) is 0 Å². The predicted molar refractivity (Wildman–Crippen MR) is 88.8 cm³/mol. The third kappa shape index (κ3) is 2.48. The highest BCUT2D eigenvalue weighted by Gasteiger charge is 2.12. The van der Waals surface area contributed by atoms with E-state index in [2.05, 4.69) is 4.98 Å². The van der Waals surface area contributed by atoms with Gasteiger partial charge in [-0.3, -0.25) is 0 Å². The number of fused-ring (bicyclic) bond motifs is 2. The number of aromatic nitrogens is 1. The van der Waals surface area contributed by atoms with Crippen LogP contribution in [0, 0.1) is 0 Å². The fourth-order valence-corrected chi connectivity index (χ4v) is 2.66. The first-order valence-corrected chi connectivity index (χ1v) is 7.37. The van der Waals surface area contributed by atoms with E-state index in [9.17, 15) is 0 Å². The van der Waals surface area contributed by atoms with Gasteiger partial charge in [-0.25, -0.2) is 4.98 Å². The minimum Gasteiger partial charge on any atom is -0.495 e. The number of rotatable bonds is 4. The van der Waals surface area contributed by atoms with Crippen LogP contribution in [0.4, 0.5) is 0 Å². The number of methoxy groups -OCH3 is 1. The number of furan rings is 1. The van der Waals surface area contributed by atoms with Gasteiger partial charge in [-0.15, -0.1) is 0 Å². The minimum absolute atomic E-state index is 0.524. The number of hydrogen-bond acceptors (Lipinski definition) is 4. The molecule has 4 aromatic rings. The van der Waals surface area contributed by atoms with Crippen molar-refractivity contribution >= 4 is 22.0 Å². The molecule has 2 heterocycles. The van der Waals surface area contributed by atoms with Crippen LogP contribution < -0.4 is 9.47 Å². The molecule has 0 amide bonds. The van der Waals surface area contributed by atoms with Crippen molar-refractivity contribution in [2.24, 2.45) is 0 Å². The normalized spacial score (nSPS) is 11.0. The van der Waals surface area contributed by atoms with E-state index >= 15 is 0 Å². The molecule has 0 aliphatic rings. The molecule has 0 saturated carbocycles. The van der Waals surface area contributed by atoms with E-state index < -0.39 is 0 Å². The Morgan fingerprint density at radius 2 is 1.87 bits per heavy atom. The molecule has 114 valence electrons. The first kappa shape index (κ1) is 13.6. The van der Waals surface area contributed by atoms with Gasteiger partial charge in [0.25, 0.3) is 0 Å². The highest BCUT2D eigenvalue weighted by atomic mass is 16.5. The second-order valence-corrected chi connectivity index (χ2v) is 5.24. The summed E-state index contributed by atoms with van der Waals surface area (Å²) < 4.78 is 16.8. The maximum atomic E-state index is 5.89. The SMILES string of the molecule is COc1c2cc(OCc3ccccc3)ccc2nc2occc12. The van der Waals surface area contributed by atoms with Crippen molar-refractivity contribution in [3.8, 4) is 11.5 Å². The molecule has 4 heteroatoms. The van der Waals surface area contributed by atoms with Crippen molar-refractivity contribution in [3.05, 3.63) is 66.4 Å². The van der Waals surface area contributed by atoms with Crippen LogP contribution in [0.2, 0.25) is 0 Å². The zero-order chi connectivity index (χ0) is 15.6. The molecule has 2 aromatic heterocycles. The fraction of sp³-hybridized carbons (Fsp3) is 0.105. The van der Waals surface area contributed by atoms with Gasteiger partial charge in [0.1, 0.15) is 18.1 Å². The standard InChI is InChI=1S/C19H15NO3/c1-21-18-15-9-10-22-19(15)20-17-8-7-14(11-16(17)18)23-12-13-5-3-2-4-6-13/h2-11H,12H2,1H3. The molecule has 23 heavy (non-hydrogen) atoms. The molecule has 0 saturated heterocycles. The number of hydrogen-bond donors (Lipinski definition) is 0. The lowest BCUT2D eigenvalue weighted by molar-refractivity contribution is 0.306. The summed E-state index contributed by atoms with van der Waals surface area (Å²) in [7, 11) is 1.65. The zero-order valence-corrected chi connectivity index (χ0v) is 12.7. The first-order valence-electron chi connectivity index (χ1n) is 7.37. The van der Waals surface area contributed by atoms with Crippen molar-refractivity contribution < 1.29 is 13.9 Å². The number of nitrogens with zero attached hydrogens (tertiary/aromatic N) is 1. The average Bonchev–Trinajstić information content (AvgIpc) is 3.06. The highest BCUT2D eigenvalue weighted by Crippen LogP contribution is 2.35. The van der Waals surface area contributed by atoms with Crippen LogP contribution in [0.15, 0.2) is 65.3 Å². The van der Waals surface area contributed by atoms with Crippen LogP contribution in [0.1, 0.15) is 5.56 Å². The summed E-state index contributed by atoms with van der Waals surface area (Å²) in [6, 6.07) is 17.7. The molecular weight excluding hydrogens is 290 g/mol. The van der Waals surface area contributed by atoms with Crippen molar-refractivity contribution in [2.45, 2.75) is 6.61 Å². The van der Waals surface area contributed by atoms with E-state index in [-0.39, 0.29) is 0 Å². The van der Waals surface area contributed by atoms with E-state index in [0.29, 0.717) is 12.3 Å². The average molecular weight is 305 g/mol. The van der Waals surface area contributed by atoms with Crippen molar-refractivity contribution in [1.29, 1.82) is 0 Å². The van der Waals surface area contributed by atoms with Crippen LogP contribution in [-0.4, -0.2) is 12.1 Å². The summed E-state index contributed by atoms with van der Waals surface area (Å²) in [4.78, 5) is 4.50. The van der Waals surface area contributed by atoms with Gasteiger partial charge in [-0.1, -0.05) is 30.3 Å². The lowest BCUT2D eigenvalue weighted by Crippen LogP contribution is -1.95. The Morgan fingerprint density at radius 3 is 2.70 bits per heavy atom. The van der Waals surface area contributed by atoms with E-state index in [1.807, 2.05) is 54.6 Å². The van der Waals surface area contributed by atoms with Gasteiger partial charge in [0.05, 0.1) is 24.3 Å². The predicted octanol–water partition coefficient (Wildman–Crippen LogP) is 4.57. The van der Waals surface area contributed by atoms with Crippen LogP contribution >= 0.6 is 0 Å². The summed E-state index contributed by atoms with van der Waals surface area (Å²) in [5.41, 5.74) is 2.52. The monoisotopic (exact) mass is 305 g/mol. The summed E-state index contributed by atoms with van der Waals surface area (Å²) in [5.74, 6) is 1.54. The third-order valence-corrected chi connectivity index (χ3v) is 3.78. The number of pyridine rings is 1. The third-order valence-electron chi connectivity index (χ3n) is 3.78. The van der Waals surface area contributed by atoms with Gasteiger partial charge in [0.2, 0.25) is 5.71 Å². The Kier molecular flexibility index (Phi) is 3.35. The Morgan fingerprint density at radius 1 is 1.00 bits per heavy atom. The zero-order valence-electron chi connectivity index (χ0n) is 12.7. The molecule has 0 unspecified atom stereocenters. The van der Waals surface area contributed by atoms with E-state index in [4.69, 9.17) is 13.9 Å². The Labute approximate surface area is 133 Å². The smallest absolute Gasteiger partial charge is 0.230 e. The molecule has 0 spiro atoms. The molecule has 0 N–H and O–H groups in total. The molecule has 0 aliphatic heterocycles. The summed E-state index contributed by atoms with van der Waals surface area (Å²) in [6.45, 7) is 0.524. The maximum Gasteiger partial charge on any atom is 0.230 e. The van der Waals surface area contributed by atoms with Gasteiger partial charge in [-0.05, 0) is 29.8 Å². The lowest BCUT2D eigenvalue weighted by atomic mass is 10.1. The first-order chi connectivity index (χ1) is 11.3. The lowest BCUT2D eigenvalue weighted by Gasteiger charge is -2.10. The van der Waals surface area contributed by atoms with Crippen molar-refractivity contribution in [2.75, 3.05) is 7.11 Å². The molecule has 4 nitrogen and oxygen atoms in total. The van der Waals surface area contributed by atoms with Gasteiger partial charge >= 0.3 is 0 Å². The Hall–Kier alpha value is -3.01. The van der Waals surface area contributed by atoms with E-state index in [1.54, 1.807) is 13.4 Å². The Bertz CT molecular complexity index is 960. The molecule has 0 bridgehead atoms. The fourth-order valence-electron chi connectivity index (χ4n) is 2.66. The summed E-state index contributed by atoms with van der Waals surface area (Å²) in [5, 5.41) is 1.77. The summed E-state index contributed by atoms with van der Waals surface area (Å²) >= 11 is 0. The summed E-state index contributed by atoms with van der Waals surface area (Å²) in [6.07, 6.45) is 1.62. The van der Waals surface area contributed by atoms with Crippen LogP contribution in [-0.2, 0) is 6.61 Å². The van der Waals surface area contributed by atoms with Crippen molar-refractivity contribution in [3.63, 3.8) is 0 Å². The van der Waals surface area contributed by atoms with Gasteiger partial charge in [0.15, 0.2) is 0 Å². The topological polar surface area (TPSA) is 44.5 Å². The second kappa shape index (κ2) is 5.65. The van der Waals surface area contributed by atoms with Gasteiger partial charge < -0.3 is 13.9 Å². The van der Waals surface area contributed by atoms with E-state index in [0.717, 1.165) is 33.4 Å². The Balaban J connectivity index is 1.73. The minimum atomic E-state index is 0.524. The molecular formula is C19H15NO3.